The van der Waals surface area contributed by atoms with E-state index in [-0.39, 0.29) is 11.7 Å². The number of carbonyl (C=O) groups excluding carboxylic acids is 1. The Balaban J connectivity index is 0.000000861. The third-order valence-electron chi connectivity index (χ3n) is 6.48. The van der Waals surface area contributed by atoms with Gasteiger partial charge in [-0.05, 0) is 61.7 Å². The van der Waals surface area contributed by atoms with Crippen LogP contribution in [-0.2, 0) is 4.74 Å². The number of halogens is 1. The van der Waals surface area contributed by atoms with E-state index in [1.54, 1.807) is 6.20 Å². The lowest BCUT2D eigenvalue weighted by Crippen LogP contribution is -2.27. The first-order chi connectivity index (χ1) is 17.3. The Hall–Kier alpha value is -2.99. The molecule has 1 aliphatic heterocycles. The summed E-state index contributed by atoms with van der Waals surface area (Å²) in [7, 11) is 0. The number of hydrogen-bond donors (Lipinski definition) is 0. The molecule has 194 valence electrons. The van der Waals surface area contributed by atoms with Crippen LogP contribution in [0.2, 0.25) is 0 Å². The lowest BCUT2D eigenvalue weighted by molar-refractivity contribution is 0.0755. The minimum Gasteiger partial charge on any atom is -0.381 e. The van der Waals surface area contributed by atoms with E-state index in [0.717, 1.165) is 53.5 Å². The van der Waals surface area contributed by atoms with Gasteiger partial charge in [-0.25, -0.2) is 4.39 Å². The van der Waals surface area contributed by atoms with Crippen molar-refractivity contribution in [2.45, 2.75) is 74.1 Å². The number of ether oxygens (including phenoxy) is 1. The molecule has 1 saturated heterocycles. The van der Waals surface area contributed by atoms with Gasteiger partial charge in [0.15, 0.2) is 0 Å². The van der Waals surface area contributed by atoms with Gasteiger partial charge in [-0.15, -0.1) is 0 Å². The number of benzene rings is 2. The molecule has 1 aliphatic rings. The van der Waals surface area contributed by atoms with Crippen molar-refractivity contribution >= 4 is 27.7 Å². The van der Waals surface area contributed by atoms with Gasteiger partial charge in [0.2, 0.25) is 0 Å². The van der Waals surface area contributed by atoms with Gasteiger partial charge in [-0.1, -0.05) is 48.5 Å². The fourth-order valence-corrected chi connectivity index (χ4v) is 4.79. The Kier molecular flexibility index (Phi) is 8.72. The second-order valence-corrected chi connectivity index (χ2v) is 9.75. The molecule has 5 rings (SSSR count). The Bertz CT molecular complexity index is 1320. The van der Waals surface area contributed by atoms with E-state index in [4.69, 9.17) is 4.74 Å². The highest BCUT2D eigenvalue weighted by Crippen LogP contribution is 2.39. The maximum absolute atomic E-state index is 13.7. The van der Waals surface area contributed by atoms with E-state index in [1.165, 1.54) is 28.1 Å². The molecule has 0 saturated carbocycles. The highest BCUT2D eigenvalue weighted by Gasteiger charge is 2.28. The van der Waals surface area contributed by atoms with E-state index >= 15 is 0 Å². The summed E-state index contributed by atoms with van der Waals surface area (Å²) >= 11 is 0. The van der Waals surface area contributed by atoms with Crippen molar-refractivity contribution in [3.8, 4) is 5.69 Å². The van der Waals surface area contributed by atoms with Crippen LogP contribution in [0.3, 0.4) is 0 Å². The number of nitrogens with zero attached hydrogens (tertiary/aromatic N) is 3. The minimum atomic E-state index is -0.531. The first kappa shape index (κ1) is 27.6. The van der Waals surface area contributed by atoms with Gasteiger partial charge < -0.3 is 9.30 Å². The molecule has 2 aromatic carbocycles. The van der Waals surface area contributed by atoms with E-state index < -0.39 is 5.41 Å². The predicted octanol–water partition coefficient (Wildman–Crippen LogP) is 8.06. The largest absolute Gasteiger partial charge is 0.381 e. The van der Waals surface area contributed by atoms with Crippen molar-refractivity contribution in [3.05, 3.63) is 59.7 Å². The molecule has 0 aliphatic carbocycles. The fourth-order valence-electron chi connectivity index (χ4n) is 4.79. The third-order valence-corrected chi connectivity index (χ3v) is 6.48. The van der Waals surface area contributed by atoms with Crippen LogP contribution in [0.5, 0.6) is 0 Å². The van der Waals surface area contributed by atoms with E-state index in [2.05, 4.69) is 28.7 Å². The Morgan fingerprint density at radius 2 is 1.61 bits per heavy atom. The molecule has 36 heavy (non-hydrogen) atoms. The molecule has 0 unspecified atom stereocenters. The van der Waals surface area contributed by atoms with Crippen LogP contribution in [0, 0.1) is 18.2 Å². The zero-order valence-electron chi connectivity index (χ0n) is 23.0. The number of hydrogen-bond acceptors (Lipinski definition) is 3. The highest BCUT2D eigenvalue weighted by atomic mass is 19.1. The molecule has 6 heteroatoms. The van der Waals surface area contributed by atoms with Crippen LogP contribution in [0.15, 0.2) is 42.6 Å². The van der Waals surface area contributed by atoms with Crippen molar-refractivity contribution in [3.63, 3.8) is 0 Å². The molecule has 3 heterocycles. The minimum absolute atomic E-state index is 0.0351. The second kappa shape index (κ2) is 11.4. The van der Waals surface area contributed by atoms with Crippen LogP contribution in [0.1, 0.15) is 83.3 Å². The standard InChI is InChI=1S/C26H28FN3O2.2C2H6/c1-16-21-14-22-18(15-28-30(22)25(31)26(2,3)4)13-23(21)29(20-7-5-19(27)6-8-20)24(16)17-9-11-32-12-10-17;2*1-2/h5-8,13-15,17H,9-12H2,1-4H3;2*1-2H3. The summed E-state index contributed by atoms with van der Waals surface area (Å²) in [5.74, 6) is 0.0723. The number of aromatic nitrogens is 3. The number of aryl methyl sites for hydroxylation is 1. The Morgan fingerprint density at radius 3 is 2.19 bits per heavy atom. The summed E-state index contributed by atoms with van der Waals surface area (Å²) in [5.41, 5.74) is 4.69. The molecule has 0 N–H and O–H groups in total. The van der Waals surface area contributed by atoms with Gasteiger partial charge in [-0.2, -0.15) is 9.78 Å². The van der Waals surface area contributed by atoms with Crippen molar-refractivity contribution in [1.29, 1.82) is 0 Å². The van der Waals surface area contributed by atoms with Gasteiger partial charge >= 0.3 is 0 Å². The lowest BCUT2D eigenvalue weighted by Gasteiger charge is -2.25. The summed E-state index contributed by atoms with van der Waals surface area (Å²) in [6.07, 6.45) is 3.66. The smallest absolute Gasteiger partial charge is 0.252 e. The SMILES string of the molecule is CC.CC.Cc1c(C2CCOCC2)n(-c2ccc(F)cc2)c2cc3cnn(C(=O)C(C)(C)C)c3cc12. The average molecular weight is 494 g/mol. The van der Waals surface area contributed by atoms with Crippen LogP contribution in [-0.4, -0.2) is 33.5 Å². The quantitative estimate of drug-likeness (QED) is 0.284. The van der Waals surface area contributed by atoms with Crippen LogP contribution >= 0.6 is 0 Å². The highest BCUT2D eigenvalue weighted by molar-refractivity contribution is 6.02. The first-order valence-corrected chi connectivity index (χ1v) is 13.2. The molecule has 2 aromatic heterocycles. The fraction of sp³-hybridized carbons (Fsp3) is 0.467. The van der Waals surface area contributed by atoms with E-state index in [0.29, 0.717) is 5.92 Å². The van der Waals surface area contributed by atoms with Gasteiger partial charge in [0.05, 0.1) is 17.2 Å². The lowest BCUT2D eigenvalue weighted by atomic mass is 9.93. The van der Waals surface area contributed by atoms with E-state index in [1.807, 2.05) is 60.6 Å². The maximum atomic E-state index is 13.7. The monoisotopic (exact) mass is 493 g/mol. The number of fused-ring (bicyclic) bond motifs is 2. The van der Waals surface area contributed by atoms with Gasteiger partial charge in [-0.3, -0.25) is 4.79 Å². The zero-order valence-corrected chi connectivity index (χ0v) is 23.0. The summed E-state index contributed by atoms with van der Waals surface area (Å²) in [6.45, 7) is 17.3. The summed E-state index contributed by atoms with van der Waals surface area (Å²) in [5, 5.41) is 6.41. The molecule has 0 spiro atoms. The topological polar surface area (TPSA) is 49.0 Å². The maximum Gasteiger partial charge on any atom is 0.252 e. The van der Waals surface area contributed by atoms with Crippen molar-refractivity contribution in [2.75, 3.05) is 13.2 Å². The van der Waals surface area contributed by atoms with Crippen molar-refractivity contribution in [1.82, 2.24) is 14.3 Å². The number of rotatable bonds is 2. The molecule has 5 nitrogen and oxygen atoms in total. The molecular weight excluding hydrogens is 453 g/mol. The van der Waals surface area contributed by atoms with Gasteiger partial charge in [0.1, 0.15) is 5.82 Å². The van der Waals surface area contributed by atoms with E-state index in [9.17, 15) is 9.18 Å². The molecule has 4 aromatic rings. The van der Waals surface area contributed by atoms with Crippen LogP contribution in [0.4, 0.5) is 4.39 Å². The van der Waals surface area contributed by atoms with Crippen molar-refractivity contribution in [2.24, 2.45) is 5.41 Å². The molecule has 0 amide bonds. The van der Waals surface area contributed by atoms with Gasteiger partial charge in [0.25, 0.3) is 5.91 Å². The first-order valence-electron chi connectivity index (χ1n) is 13.2. The molecule has 1 fully saturated rings. The molecular formula is C30H40FN3O2. The molecule has 0 atom stereocenters. The van der Waals surface area contributed by atoms with Crippen LogP contribution in [0.25, 0.3) is 27.5 Å². The normalized spacial score (nSPS) is 14.2. The summed E-state index contributed by atoms with van der Waals surface area (Å²) in [6, 6.07) is 10.8. The third kappa shape index (κ3) is 5.10. The Labute approximate surface area is 214 Å². The van der Waals surface area contributed by atoms with Crippen LogP contribution < -0.4 is 0 Å². The summed E-state index contributed by atoms with van der Waals surface area (Å²) < 4.78 is 23.1. The summed E-state index contributed by atoms with van der Waals surface area (Å²) in [4.78, 5) is 13.0. The van der Waals surface area contributed by atoms with Gasteiger partial charge in [0, 0.05) is 46.7 Å². The predicted molar refractivity (Wildman–Crippen MR) is 147 cm³/mol. The Morgan fingerprint density at radius 1 is 1.00 bits per heavy atom. The van der Waals surface area contributed by atoms with Crippen molar-refractivity contribution < 1.29 is 13.9 Å². The molecule has 0 radical (unpaired) electrons. The molecule has 0 bridgehead atoms. The number of carbonyl (C=O) groups is 1. The zero-order chi connectivity index (χ0) is 26.6. The second-order valence-electron chi connectivity index (χ2n) is 9.75. The average Bonchev–Trinajstić information content (AvgIpc) is 3.43.